The summed E-state index contributed by atoms with van der Waals surface area (Å²) in [6, 6.07) is 0. The van der Waals surface area contributed by atoms with Crippen molar-refractivity contribution in [2.75, 3.05) is 13.2 Å². The Hall–Kier alpha value is -1.17. The van der Waals surface area contributed by atoms with Crippen molar-refractivity contribution in [3.8, 4) is 0 Å². The predicted molar refractivity (Wildman–Crippen MR) is 93.6 cm³/mol. The normalized spacial score (nSPS) is 46.2. The first-order valence-corrected chi connectivity index (χ1v) is 9.26. The molecule has 5 nitrogen and oxygen atoms in total. The molecule has 25 heavy (non-hydrogen) atoms. The number of carbonyl (C=O) groups is 1. The van der Waals surface area contributed by atoms with Gasteiger partial charge in [-0.2, -0.15) is 0 Å². The predicted octanol–water partition coefficient (Wildman–Crippen LogP) is 1.96. The summed E-state index contributed by atoms with van der Waals surface area (Å²) in [7, 11) is 0. The minimum absolute atomic E-state index is 0.0280. The molecule has 3 aliphatic rings. The Morgan fingerprint density at radius 1 is 1.32 bits per heavy atom. The molecule has 0 amide bonds. The summed E-state index contributed by atoms with van der Waals surface area (Å²) >= 11 is 0. The lowest BCUT2D eigenvalue weighted by molar-refractivity contribution is -0.151. The Morgan fingerprint density at radius 2 is 2.04 bits per heavy atom. The fraction of sp³-hybridized carbons (Fsp3) is 0.750. The van der Waals surface area contributed by atoms with E-state index >= 15 is 0 Å². The van der Waals surface area contributed by atoms with Crippen molar-refractivity contribution in [3.63, 3.8) is 0 Å². The van der Waals surface area contributed by atoms with Crippen molar-refractivity contribution in [2.24, 2.45) is 22.7 Å². The van der Waals surface area contributed by atoms with Crippen LogP contribution in [0.15, 0.2) is 23.8 Å². The van der Waals surface area contributed by atoms with Gasteiger partial charge in [0.2, 0.25) is 0 Å². The molecule has 1 saturated heterocycles. The Morgan fingerprint density at radius 3 is 2.64 bits per heavy atom. The molecule has 3 rings (SSSR count). The molecule has 3 fully saturated rings. The largest absolute Gasteiger partial charge is 0.459 e. The van der Waals surface area contributed by atoms with E-state index in [2.05, 4.69) is 13.5 Å². The number of aliphatic hydroxyl groups is 3. The highest BCUT2D eigenvalue weighted by molar-refractivity contribution is 5.91. The van der Waals surface area contributed by atoms with Crippen molar-refractivity contribution < 1.29 is 24.9 Å². The fourth-order valence-electron chi connectivity index (χ4n) is 5.56. The van der Waals surface area contributed by atoms with E-state index in [-0.39, 0.29) is 30.5 Å². The van der Waals surface area contributed by atoms with Crippen LogP contribution in [0.3, 0.4) is 0 Å². The van der Waals surface area contributed by atoms with E-state index < -0.39 is 23.6 Å². The molecule has 0 aromatic rings. The Balaban J connectivity index is 1.89. The molecule has 0 aromatic carbocycles. The first kappa shape index (κ1) is 18.6. The van der Waals surface area contributed by atoms with Gasteiger partial charge in [0.15, 0.2) is 0 Å². The van der Waals surface area contributed by atoms with Crippen molar-refractivity contribution in [2.45, 2.75) is 58.2 Å². The third-order valence-corrected chi connectivity index (χ3v) is 7.23. The standard InChI is InChI=1S/C20H30O5/c1-12-4-7-16-19(2,9-8-17(23)20(16,3)11-21)14(12)6-5-13-15(22)10-25-18(13)24/h5,14-17,21-23H,1,4,6-11H2,2-3H3/b13-5+/t14?,15-,16-,17+,19-,20-/m0/s1. The van der Waals surface area contributed by atoms with Crippen LogP contribution in [0.1, 0.15) is 46.0 Å². The van der Waals surface area contributed by atoms with Crippen LogP contribution in [0.5, 0.6) is 0 Å². The summed E-state index contributed by atoms with van der Waals surface area (Å²) in [4.78, 5) is 11.8. The minimum Gasteiger partial charge on any atom is -0.459 e. The minimum atomic E-state index is -0.844. The van der Waals surface area contributed by atoms with E-state index in [0.717, 1.165) is 24.8 Å². The fourth-order valence-corrected chi connectivity index (χ4v) is 5.56. The summed E-state index contributed by atoms with van der Waals surface area (Å²) in [5.74, 6) is -0.0734. The molecule has 2 aliphatic carbocycles. The molecule has 0 spiro atoms. The molecule has 6 atom stereocenters. The van der Waals surface area contributed by atoms with Gasteiger partial charge < -0.3 is 20.1 Å². The molecule has 0 aromatic heterocycles. The Labute approximate surface area is 149 Å². The average molecular weight is 350 g/mol. The van der Waals surface area contributed by atoms with Gasteiger partial charge >= 0.3 is 5.97 Å². The maximum absolute atomic E-state index is 11.8. The summed E-state index contributed by atoms with van der Waals surface area (Å²) in [6.45, 7) is 8.50. The number of ether oxygens (including phenoxy) is 1. The molecule has 140 valence electrons. The second-order valence-electron chi connectivity index (χ2n) is 8.54. The SMILES string of the molecule is C=C1CC[C@@H]2[C@](C)(CO)[C@H](O)CC[C@@]2(C)C1C/C=C1/C(=O)OC[C@@H]1O. The van der Waals surface area contributed by atoms with Crippen LogP contribution in [0.25, 0.3) is 0 Å². The molecule has 1 aliphatic heterocycles. The van der Waals surface area contributed by atoms with Crippen LogP contribution in [0.4, 0.5) is 0 Å². The molecule has 5 heteroatoms. The van der Waals surface area contributed by atoms with Gasteiger partial charge in [0.05, 0.1) is 18.3 Å². The van der Waals surface area contributed by atoms with E-state index in [0.29, 0.717) is 18.4 Å². The molecule has 0 radical (unpaired) electrons. The molecular formula is C20H30O5. The van der Waals surface area contributed by atoms with E-state index in [1.807, 2.05) is 13.0 Å². The number of esters is 1. The van der Waals surface area contributed by atoms with Crippen LogP contribution in [-0.4, -0.2) is 46.7 Å². The van der Waals surface area contributed by atoms with Crippen LogP contribution in [0.2, 0.25) is 0 Å². The number of hydrogen-bond donors (Lipinski definition) is 3. The van der Waals surface area contributed by atoms with Crippen molar-refractivity contribution in [1.29, 1.82) is 0 Å². The summed E-state index contributed by atoms with van der Waals surface area (Å²) < 4.78 is 4.90. The quantitative estimate of drug-likeness (QED) is 0.411. The highest BCUT2D eigenvalue weighted by Crippen LogP contribution is 2.61. The van der Waals surface area contributed by atoms with Gasteiger partial charge in [0, 0.05) is 5.41 Å². The summed E-state index contributed by atoms with van der Waals surface area (Å²) in [5, 5.41) is 30.4. The van der Waals surface area contributed by atoms with Crippen molar-refractivity contribution in [3.05, 3.63) is 23.8 Å². The first-order valence-electron chi connectivity index (χ1n) is 9.26. The van der Waals surface area contributed by atoms with E-state index in [1.165, 1.54) is 0 Å². The number of carbonyl (C=O) groups excluding carboxylic acids is 1. The zero-order chi connectivity index (χ0) is 18.4. The van der Waals surface area contributed by atoms with E-state index in [1.54, 1.807) is 0 Å². The topological polar surface area (TPSA) is 87.0 Å². The third-order valence-electron chi connectivity index (χ3n) is 7.23. The Bertz CT molecular complexity index is 597. The average Bonchev–Trinajstić information content (AvgIpc) is 2.89. The van der Waals surface area contributed by atoms with Crippen LogP contribution < -0.4 is 0 Å². The maximum atomic E-state index is 11.8. The molecular weight excluding hydrogens is 320 g/mol. The van der Waals surface area contributed by atoms with Gasteiger partial charge in [-0.3, -0.25) is 0 Å². The highest BCUT2D eigenvalue weighted by Gasteiger charge is 2.57. The molecule has 1 heterocycles. The van der Waals surface area contributed by atoms with Crippen LogP contribution in [-0.2, 0) is 9.53 Å². The maximum Gasteiger partial charge on any atom is 0.336 e. The second-order valence-corrected chi connectivity index (χ2v) is 8.54. The smallest absolute Gasteiger partial charge is 0.336 e. The van der Waals surface area contributed by atoms with Gasteiger partial charge in [0.25, 0.3) is 0 Å². The first-order chi connectivity index (χ1) is 11.7. The van der Waals surface area contributed by atoms with E-state index in [4.69, 9.17) is 4.74 Å². The lowest BCUT2D eigenvalue weighted by Gasteiger charge is -2.59. The van der Waals surface area contributed by atoms with Gasteiger partial charge in [0.1, 0.15) is 12.7 Å². The van der Waals surface area contributed by atoms with Crippen molar-refractivity contribution in [1.82, 2.24) is 0 Å². The van der Waals surface area contributed by atoms with Crippen LogP contribution in [0, 0.1) is 22.7 Å². The zero-order valence-electron chi connectivity index (χ0n) is 15.2. The number of rotatable bonds is 3. The third kappa shape index (κ3) is 2.86. The van der Waals surface area contributed by atoms with Gasteiger partial charge in [-0.15, -0.1) is 0 Å². The monoisotopic (exact) mass is 350 g/mol. The number of hydrogen-bond acceptors (Lipinski definition) is 5. The second kappa shape index (κ2) is 6.53. The van der Waals surface area contributed by atoms with Crippen molar-refractivity contribution >= 4 is 5.97 Å². The number of cyclic esters (lactones) is 1. The van der Waals surface area contributed by atoms with Gasteiger partial charge in [-0.25, -0.2) is 4.79 Å². The lowest BCUT2D eigenvalue weighted by atomic mass is 9.46. The molecule has 0 bridgehead atoms. The summed E-state index contributed by atoms with van der Waals surface area (Å²) in [5.41, 5.74) is 0.911. The molecule has 1 unspecified atom stereocenters. The molecule has 2 saturated carbocycles. The zero-order valence-corrected chi connectivity index (χ0v) is 15.2. The number of aliphatic hydroxyl groups excluding tert-OH is 3. The molecule has 3 N–H and O–H groups in total. The van der Waals surface area contributed by atoms with Crippen LogP contribution >= 0.6 is 0 Å². The number of fused-ring (bicyclic) bond motifs is 1. The highest BCUT2D eigenvalue weighted by atomic mass is 16.6. The summed E-state index contributed by atoms with van der Waals surface area (Å²) in [6.07, 6.45) is 4.42. The Kier molecular flexibility index (Phi) is 4.86. The van der Waals surface area contributed by atoms with E-state index in [9.17, 15) is 20.1 Å². The van der Waals surface area contributed by atoms with Gasteiger partial charge in [-0.05, 0) is 49.4 Å². The van der Waals surface area contributed by atoms with Gasteiger partial charge in [-0.1, -0.05) is 32.1 Å². The number of allylic oxidation sites excluding steroid dienone is 2. The lowest BCUT2D eigenvalue weighted by Crippen LogP contribution is -2.57.